The Bertz CT molecular complexity index is 909. The number of ether oxygens (including phenoxy) is 1. The van der Waals surface area contributed by atoms with Crippen LogP contribution in [0.25, 0.3) is 0 Å². The van der Waals surface area contributed by atoms with Crippen LogP contribution < -0.4 is 10.1 Å². The molecule has 0 aliphatic rings. The molecule has 6 heteroatoms. The number of hydrogen-bond donors (Lipinski definition) is 2. The summed E-state index contributed by atoms with van der Waals surface area (Å²) in [6.45, 7) is 2.60. The number of benzene rings is 2. The molecule has 2 aromatic carbocycles. The molecule has 0 aliphatic heterocycles. The number of imidazole rings is 1. The second-order valence-electron chi connectivity index (χ2n) is 6.48. The molecule has 0 saturated heterocycles. The van der Waals surface area contributed by atoms with Gasteiger partial charge in [-0.2, -0.15) is 0 Å². The molecule has 0 spiro atoms. The Morgan fingerprint density at radius 2 is 1.89 bits per heavy atom. The lowest BCUT2D eigenvalue weighted by Crippen LogP contribution is -2.27. The van der Waals surface area contributed by atoms with Crippen molar-refractivity contribution in [2.24, 2.45) is 0 Å². The first-order valence-corrected chi connectivity index (χ1v) is 10.2. The van der Waals surface area contributed by atoms with Crippen molar-refractivity contribution in [2.75, 3.05) is 19.4 Å². The maximum Gasteiger partial charge on any atom is 0.230 e. The quantitative estimate of drug-likeness (QED) is 0.541. The van der Waals surface area contributed by atoms with E-state index in [0.717, 1.165) is 40.7 Å². The summed E-state index contributed by atoms with van der Waals surface area (Å²) in [7, 11) is 1.66. The lowest BCUT2D eigenvalue weighted by molar-refractivity contribution is -0.118. The van der Waals surface area contributed by atoms with E-state index in [2.05, 4.69) is 27.4 Å². The van der Waals surface area contributed by atoms with Crippen molar-refractivity contribution in [1.29, 1.82) is 0 Å². The summed E-state index contributed by atoms with van der Waals surface area (Å²) in [6.07, 6.45) is 1.52. The van der Waals surface area contributed by atoms with Crippen LogP contribution in [0.3, 0.4) is 0 Å². The normalized spacial score (nSPS) is 10.6. The number of thioether (sulfide) groups is 1. The van der Waals surface area contributed by atoms with Gasteiger partial charge in [0.15, 0.2) is 5.16 Å². The Morgan fingerprint density at radius 1 is 1.14 bits per heavy atom. The fourth-order valence-corrected chi connectivity index (χ4v) is 3.70. The topological polar surface area (TPSA) is 67.0 Å². The molecule has 1 amide bonds. The highest BCUT2D eigenvalue weighted by Crippen LogP contribution is 2.19. The van der Waals surface area contributed by atoms with Gasteiger partial charge in [0.2, 0.25) is 5.91 Å². The van der Waals surface area contributed by atoms with Gasteiger partial charge in [-0.25, -0.2) is 4.98 Å². The summed E-state index contributed by atoms with van der Waals surface area (Å²) in [6, 6.07) is 18.1. The monoisotopic (exact) mass is 395 g/mol. The number of para-hydroxylation sites is 1. The Hall–Kier alpha value is -2.73. The van der Waals surface area contributed by atoms with Gasteiger partial charge in [-0.3, -0.25) is 4.79 Å². The highest BCUT2D eigenvalue weighted by Gasteiger charge is 2.10. The standard InChI is InChI=1S/C22H25N3O2S/c1-16-19(14-17-8-4-3-5-9-17)25-22(24-16)28-15-21(26)23-13-12-18-10-6-7-11-20(18)27-2/h3-11H,12-15H2,1-2H3,(H,23,26)(H,24,25). The molecule has 0 atom stereocenters. The van der Waals surface area contributed by atoms with E-state index in [-0.39, 0.29) is 5.91 Å². The summed E-state index contributed by atoms with van der Waals surface area (Å²) >= 11 is 1.42. The summed E-state index contributed by atoms with van der Waals surface area (Å²) in [5.41, 5.74) is 4.38. The molecule has 146 valence electrons. The van der Waals surface area contributed by atoms with Crippen molar-refractivity contribution >= 4 is 17.7 Å². The van der Waals surface area contributed by atoms with Gasteiger partial charge in [-0.15, -0.1) is 0 Å². The molecule has 0 unspecified atom stereocenters. The van der Waals surface area contributed by atoms with Gasteiger partial charge in [-0.1, -0.05) is 60.3 Å². The van der Waals surface area contributed by atoms with Crippen LogP contribution in [0.1, 0.15) is 22.5 Å². The molecule has 0 radical (unpaired) electrons. The Morgan fingerprint density at radius 3 is 2.68 bits per heavy atom. The number of carbonyl (C=O) groups is 1. The number of hydrogen-bond acceptors (Lipinski definition) is 4. The largest absolute Gasteiger partial charge is 0.496 e. The number of aromatic amines is 1. The predicted molar refractivity (Wildman–Crippen MR) is 113 cm³/mol. The molecule has 0 aliphatic carbocycles. The number of carbonyl (C=O) groups excluding carboxylic acids is 1. The van der Waals surface area contributed by atoms with Crippen LogP contribution >= 0.6 is 11.8 Å². The third kappa shape index (κ3) is 5.63. The van der Waals surface area contributed by atoms with Crippen LogP contribution in [0, 0.1) is 6.92 Å². The van der Waals surface area contributed by atoms with Crippen molar-refractivity contribution in [3.05, 3.63) is 77.1 Å². The van der Waals surface area contributed by atoms with Gasteiger partial charge in [-0.05, 0) is 30.5 Å². The first kappa shape index (κ1) is 20.0. The van der Waals surface area contributed by atoms with Crippen LogP contribution in [0.4, 0.5) is 0 Å². The zero-order chi connectivity index (χ0) is 19.8. The fourth-order valence-electron chi connectivity index (χ4n) is 2.93. The summed E-state index contributed by atoms with van der Waals surface area (Å²) in [5, 5.41) is 3.74. The van der Waals surface area contributed by atoms with Gasteiger partial charge in [0, 0.05) is 18.7 Å². The molecule has 3 rings (SSSR count). The van der Waals surface area contributed by atoms with Gasteiger partial charge in [0.25, 0.3) is 0 Å². The number of H-pyrrole nitrogens is 1. The first-order valence-electron chi connectivity index (χ1n) is 9.26. The number of rotatable bonds is 9. The minimum Gasteiger partial charge on any atom is -0.496 e. The van der Waals surface area contributed by atoms with Gasteiger partial charge in [0.05, 0.1) is 18.6 Å². The van der Waals surface area contributed by atoms with E-state index in [1.165, 1.54) is 17.3 Å². The number of methoxy groups -OCH3 is 1. The molecule has 28 heavy (non-hydrogen) atoms. The van der Waals surface area contributed by atoms with Crippen LogP contribution in [-0.4, -0.2) is 35.3 Å². The molecule has 5 nitrogen and oxygen atoms in total. The zero-order valence-corrected chi connectivity index (χ0v) is 17.0. The average molecular weight is 396 g/mol. The van der Waals surface area contributed by atoms with E-state index in [1.54, 1.807) is 7.11 Å². The third-order valence-electron chi connectivity index (χ3n) is 4.43. The minimum absolute atomic E-state index is 0.00133. The van der Waals surface area contributed by atoms with E-state index in [9.17, 15) is 4.79 Å². The third-order valence-corrected chi connectivity index (χ3v) is 5.30. The van der Waals surface area contributed by atoms with Gasteiger partial charge >= 0.3 is 0 Å². The van der Waals surface area contributed by atoms with Crippen molar-refractivity contribution < 1.29 is 9.53 Å². The Balaban J connectivity index is 1.45. The molecule has 2 N–H and O–H groups in total. The second kappa shape index (κ2) is 9.99. The van der Waals surface area contributed by atoms with Crippen molar-refractivity contribution in [3.63, 3.8) is 0 Å². The average Bonchev–Trinajstić information content (AvgIpc) is 3.07. The maximum absolute atomic E-state index is 12.1. The molecule has 0 fully saturated rings. The van der Waals surface area contributed by atoms with E-state index in [0.29, 0.717) is 12.3 Å². The maximum atomic E-state index is 12.1. The van der Waals surface area contributed by atoms with Gasteiger partial charge < -0.3 is 15.0 Å². The second-order valence-corrected chi connectivity index (χ2v) is 7.44. The van der Waals surface area contributed by atoms with Crippen molar-refractivity contribution in [1.82, 2.24) is 15.3 Å². The highest BCUT2D eigenvalue weighted by molar-refractivity contribution is 7.99. The Labute approximate surface area is 169 Å². The van der Waals surface area contributed by atoms with E-state index in [4.69, 9.17) is 4.74 Å². The highest BCUT2D eigenvalue weighted by atomic mass is 32.2. The smallest absolute Gasteiger partial charge is 0.230 e. The van der Waals surface area contributed by atoms with Crippen LogP contribution in [0.15, 0.2) is 59.8 Å². The van der Waals surface area contributed by atoms with E-state index in [1.807, 2.05) is 49.4 Å². The van der Waals surface area contributed by atoms with Gasteiger partial charge in [0.1, 0.15) is 5.75 Å². The summed E-state index contributed by atoms with van der Waals surface area (Å²) < 4.78 is 5.34. The number of nitrogens with zero attached hydrogens (tertiary/aromatic N) is 1. The first-order chi connectivity index (χ1) is 13.7. The molecular weight excluding hydrogens is 370 g/mol. The molecule has 1 aromatic heterocycles. The molecular formula is C22H25N3O2S. The predicted octanol–water partition coefficient (Wildman–Crippen LogP) is 3.77. The summed E-state index contributed by atoms with van der Waals surface area (Å²) in [4.78, 5) is 20.0. The zero-order valence-electron chi connectivity index (χ0n) is 16.2. The molecule has 0 bridgehead atoms. The number of nitrogens with one attached hydrogen (secondary N) is 2. The van der Waals surface area contributed by atoms with E-state index >= 15 is 0 Å². The van der Waals surface area contributed by atoms with E-state index < -0.39 is 0 Å². The Kier molecular flexibility index (Phi) is 7.14. The number of aromatic nitrogens is 2. The number of amides is 1. The van der Waals surface area contributed by atoms with Crippen LogP contribution in [0.2, 0.25) is 0 Å². The lowest BCUT2D eigenvalue weighted by Gasteiger charge is -2.08. The van der Waals surface area contributed by atoms with Crippen LogP contribution in [-0.2, 0) is 17.6 Å². The molecule has 1 heterocycles. The van der Waals surface area contributed by atoms with Crippen molar-refractivity contribution in [3.8, 4) is 5.75 Å². The lowest BCUT2D eigenvalue weighted by atomic mass is 10.1. The van der Waals surface area contributed by atoms with Crippen molar-refractivity contribution in [2.45, 2.75) is 24.9 Å². The van der Waals surface area contributed by atoms with Crippen LogP contribution in [0.5, 0.6) is 5.75 Å². The molecule has 0 saturated carbocycles. The molecule has 3 aromatic rings. The fraction of sp³-hybridized carbons (Fsp3) is 0.273. The summed E-state index contributed by atoms with van der Waals surface area (Å²) in [5.74, 6) is 1.19. The SMILES string of the molecule is COc1ccccc1CCNC(=O)CSc1nc(Cc2ccccc2)c(C)[nH]1. The number of aryl methyl sites for hydroxylation is 1. The minimum atomic E-state index is -0.00133.